The maximum absolute atomic E-state index is 12.0. The van der Waals surface area contributed by atoms with Gasteiger partial charge in [0.25, 0.3) is 0 Å². The molecule has 0 aromatic heterocycles. The predicted molar refractivity (Wildman–Crippen MR) is 76.1 cm³/mol. The van der Waals surface area contributed by atoms with E-state index < -0.39 is 10.1 Å². The zero-order valence-electron chi connectivity index (χ0n) is 11.3. The summed E-state index contributed by atoms with van der Waals surface area (Å²) in [6.45, 7) is 1.91. The molecule has 0 aliphatic heterocycles. The lowest BCUT2D eigenvalue weighted by atomic mass is 10.1. The van der Waals surface area contributed by atoms with Crippen LogP contribution in [-0.4, -0.2) is 15.5 Å². The Hall–Kier alpha value is -1.85. The molecule has 0 saturated heterocycles. The minimum atomic E-state index is -3.78. The Morgan fingerprint density at radius 2 is 1.55 bits per heavy atom. The largest absolute Gasteiger partial charge is 0.379 e. The number of hydrogen-bond donors (Lipinski definition) is 0. The molecule has 0 aliphatic carbocycles. The first-order valence-electron chi connectivity index (χ1n) is 6.15. The van der Waals surface area contributed by atoms with E-state index in [0.717, 1.165) is 5.56 Å². The van der Waals surface area contributed by atoms with Crippen LogP contribution in [0.5, 0.6) is 5.75 Å². The smallest absolute Gasteiger partial charge is 0.339 e. The van der Waals surface area contributed by atoms with Gasteiger partial charge in [0.2, 0.25) is 0 Å². The van der Waals surface area contributed by atoms with Crippen molar-refractivity contribution >= 4 is 10.1 Å². The lowest BCUT2D eigenvalue weighted by molar-refractivity contribution is 0.119. The van der Waals surface area contributed by atoms with Crippen molar-refractivity contribution in [1.29, 1.82) is 0 Å². The third kappa shape index (κ3) is 3.37. The first kappa shape index (κ1) is 14.6. The van der Waals surface area contributed by atoms with Crippen molar-refractivity contribution < 1.29 is 17.3 Å². The molecule has 0 spiro atoms. The Morgan fingerprint density at radius 3 is 2.10 bits per heavy atom. The molecule has 0 saturated carbocycles. The molecule has 0 bridgehead atoms. The minimum Gasteiger partial charge on any atom is -0.379 e. The minimum absolute atomic E-state index is 0.0465. The maximum atomic E-state index is 12.0. The Labute approximate surface area is 119 Å². The Balaban J connectivity index is 2.18. The number of hydrogen-bond acceptors (Lipinski definition) is 4. The molecule has 20 heavy (non-hydrogen) atoms. The van der Waals surface area contributed by atoms with Gasteiger partial charge in [0.1, 0.15) is 10.6 Å². The molecule has 0 heterocycles. The summed E-state index contributed by atoms with van der Waals surface area (Å²) >= 11 is 0. The number of methoxy groups -OCH3 is 1. The molecule has 106 valence electrons. The first-order chi connectivity index (χ1) is 9.53. The van der Waals surface area contributed by atoms with Crippen molar-refractivity contribution in [3.8, 4) is 5.75 Å². The summed E-state index contributed by atoms with van der Waals surface area (Å²) in [7, 11) is -2.16. The fraction of sp³-hybridized carbons (Fsp3) is 0.200. The van der Waals surface area contributed by atoms with Crippen LogP contribution in [0.4, 0.5) is 0 Å². The van der Waals surface area contributed by atoms with Gasteiger partial charge in [-0.05, 0) is 36.8 Å². The van der Waals surface area contributed by atoms with Gasteiger partial charge >= 0.3 is 10.1 Å². The van der Waals surface area contributed by atoms with E-state index in [4.69, 9.17) is 8.92 Å². The lowest BCUT2D eigenvalue weighted by Gasteiger charge is -2.11. The quantitative estimate of drug-likeness (QED) is 0.794. The summed E-state index contributed by atoms with van der Waals surface area (Å²) in [5.41, 5.74) is 0.956. The number of ether oxygens (including phenoxy) is 1. The summed E-state index contributed by atoms with van der Waals surface area (Å²) in [5.74, 6) is 0.279. The van der Waals surface area contributed by atoms with Gasteiger partial charge in [-0.1, -0.05) is 30.3 Å². The summed E-state index contributed by atoms with van der Waals surface area (Å²) in [5, 5.41) is 0. The monoisotopic (exact) mass is 292 g/mol. The molecule has 4 nitrogen and oxygen atoms in total. The van der Waals surface area contributed by atoms with Gasteiger partial charge in [0.15, 0.2) is 0 Å². The van der Waals surface area contributed by atoms with Crippen molar-refractivity contribution in [3.63, 3.8) is 0 Å². The molecule has 1 unspecified atom stereocenters. The normalized spacial score (nSPS) is 12.9. The van der Waals surface area contributed by atoms with E-state index in [2.05, 4.69) is 0 Å². The van der Waals surface area contributed by atoms with E-state index in [1.165, 1.54) is 12.1 Å². The topological polar surface area (TPSA) is 52.6 Å². The average molecular weight is 292 g/mol. The molecule has 0 fully saturated rings. The molecular formula is C15H16O4S. The zero-order chi connectivity index (χ0) is 14.6. The third-order valence-electron chi connectivity index (χ3n) is 2.94. The van der Waals surface area contributed by atoms with Crippen LogP contribution in [0.1, 0.15) is 18.6 Å². The second-order valence-electron chi connectivity index (χ2n) is 4.30. The predicted octanol–water partition coefficient (Wildman–Crippen LogP) is 3.16. The highest BCUT2D eigenvalue weighted by molar-refractivity contribution is 7.87. The summed E-state index contributed by atoms with van der Waals surface area (Å²) < 4.78 is 34.3. The average Bonchev–Trinajstić information content (AvgIpc) is 2.48. The molecule has 0 aliphatic rings. The van der Waals surface area contributed by atoms with Gasteiger partial charge in [-0.2, -0.15) is 8.42 Å². The van der Waals surface area contributed by atoms with Crippen molar-refractivity contribution in [2.24, 2.45) is 0 Å². The highest BCUT2D eigenvalue weighted by atomic mass is 32.2. The molecule has 2 rings (SSSR count). The van der Waals surface area contributed by atoms with Crippen LogP contribution in [0, 0.1) is 0 Å². The summed E-state index contributed by atoms with van der Waals surface area (Å²) in [6.07, 6.45) is -0.0465. The summed E-state index contributed by atoms with van der Waals surface area (Å²) in [4.78, 5) is 0.134. The molecular weight excluding hydrogens is 276 g/mol. The number of rotatable bonds is 5. The Kier molecular flexibility index (Phi) is 4.42. The molecule has 2 aromatic carbocycles. The molecule has 0 radical (unpaired) electrons. The zero-order valence-corrected chi connectivity index (χ0v) is 12.1. The van der Waals surface area contributed by atoms with Crippen LogP contribution in [-0.2, 0) is 14.9 Å². The SMILES string of the molecule is COC(C)c1ccc(OS(=O)(=O)c2ccccc2)cc1. The first-order valence-corrected chi connectivity index (χ1v) is 7.56. The van der Waals surface area contributed by atoms with Crippen LogP contribution in [0.25, 0.3) is 0 Å². The highest BCUT2D eigenvalue weighted by Crippen LogP contribution is 2.22. The summed E-state index contributed by atoms with van der Waals surface area (Å²) in [6, 6.07) is 14.8. The van der Waals surface area contributed by atoms with Gasteiger partial charge in [0, 0.05) is 7.11 Å². The highest BCUT2D eigenvalue weighted by Gasteiger charge is 2.16. The van der Waals surface area contributed by atoms with Crippen LogP contribution in [0.2, 0.25) is 0 Å². The van der Waals surface area contributed by atoms with Crippen LogP contribution in [0.15, 0.2) is 59.5 Å². The molecule has 0 N–H and O–H groups in total. The van der Waals surface area contributed by atoms with Crippen molar-refractivity contribution in [1.82, 2.24) is 0 Å². The van der Waals surface area contributed by atoms with Gasteiger partial charge in [-0.15, -0.1) is 0 Å². The van der Waals surface area contributed by atoms with Crippen molar-refractivity contribution in [2.45, 2.75) is 17.9 Å². The standard InChI is InChI=1S/C15H16O4S/c1-12(18-2)13-8-10-14(11-9-13)19-20(16,17)15-6-4-3-5-7-15/h3-12H,1-2H3. The maximum Gasteiger partial charge on any atom is 0.339 e. The lowest BCUT2D eigenvalue weighted by Crippen LogP contribution is -2.09. The van der Waals surface area contributed by atoms with Gasteiger partial charge < -0.3 is 8.92 Å². The Morgan fingerprint density at radius 1 is 0.950 bits per heavy atom. The fourth-order valence-corrected chi connectivity index (χ4v) is 2.64. The van der Waals surface area contributed by atoms with Crippen LogP contribution >= 0.6 is 0 Å². The van der Waals surface area contributed by atoms with E-state index >= 15 is 0 Å². The van der Waals surface area contributed by atoms with Gasteiger partial charge in [-0.3, -0.25) is 0 Å². The van der Waals surface area contributed by atoms with E-state index in [1.54, 1.807) is 49.6 Å². The fourth-order valence-electron chi connectivity index (χ4n) is 1.69. The molecule has 1 atom stereocenters. The van der Waals surface area contributed by atoms with Crippen LogP contribution in [0.3, 0.4) is 0 Å². The van der Waals surface area contributed by atoms with Gasteiger partial charge in [0.05, 0.1) is 6.10 Å². The second-order valence-corrected chi connectivity index (χ2v) is 5.84. The van der Waals surface area contributed by atoms with Gasteiger partial charge in [-0.25, -0.2) is 0 Å². The molecule has 0 amide bonds. The van der Waals surface area contributed by atoms with E-state index in [1.807, 2.05) is 6.92 Å². The van der Waals surface area contributed by atoms with E-state index in [-0.39, 0.29) is 16.7 Å². The van der Waals surface area contributed by atoms with Crippen molar-refractivity contribution in [2.75, 3.05) is 7.11 Å². The Bertz CT molecular complexity index is 648. The van der Waals surface area contributed by atoms with E-state index in [9.17, 15) is 8.42 Å². The third-order valence-corrected chi connectivity index (χ3v) is 4.20. The van der Waals surface area contributed by atoms with E-state index in [0.29, 0.717) is 0 Å². The van der Waals surface area contributed by atoms with Crippen LogP contribution < -0.4 is 4.18 Å². The van der Waals surface area contributed by atoms with Crippen molar-refractivity contribution in [3.05, 3.63) is 60.2 Å². The molecule has 5 heteroatoms. The molecule has 2 aromatic rings. The second kappa shape index (κ2) is 6.07. The number of benzene rings is 2.